The summed E-state index contributed by atoms with van der Waals surface area (Å²) in [6.07, 6.45) is -1.26. The summed E-state index contributed by atoms with van der Waals surface area (Å²) < 4.78 is 13.7. The van der Waals surface area contributed by atoms with Crippen LogP contribution in [-0.4, -0.2) is 5.11 Å². The van der Waals surface area contributed by atoms with Crippen molar-refractivity contribution in [2.45, 2.75) is 6.10 Å². The first-order valence-corrected chi connectivity index (χ1v) is 6.21. The summed E-state index contributed by atoms with van der Waals surface area (Å²) in [6.45, 7) is 0. The van der Waals surface area contributed by atoms with E-state index >= 15 is 0 Å². The maximum atomic E-state index is 13.7. The number of benzene rings is 2. The van der Waals surface area contributed by atoms with E-state index in [0.29, 0.717) is 15.6 Å². The van der Waals surface area contributed by atoms with Crippen molar-refractivity contribution in [1.82, 2.24) is 0 Å². The maximum absolute atomic E-state index is 13.7. The predicted octanol–water partition coefficient (Wildman–Crippen LogP) is 4.87. The predicted molar refractivity (Wildman–Crippen MR) is 71.9 cm³/mol. The molecular formula is C13H8Cl3FO. The fraction of sp³-hybridized carbons (Fsp3) is 0.0769. The Morgan fingerprint density at radius 1 is 1.00 bits per heavy atom. The second-order valence-electron chi connectivity index (χ2n) is 3.70. The van der Waals surface area contributed by atoms with Crippen molar-refractivity contribution in [2.75, 3.05) is 0 Å². The molecule has 0 spiro atoms. The smallest absolute Gasteiger partial charge is 0.130 e. The molecule has 0 radical (unpaired) electrons. The molecule has 18 heavy (non-hydrogen) atoms. The van der Waals surface area contributed by atoms with Crippen molar-refractivity contribution in [1.29, 1.82) is 0 Å². The maximum Gasteiger partial charge on any atom is 0.130 e. The molecule has 1 N–H and O–H groups in total. The Balaban J connectivity index is 2.54. The number of hydrogen-bond donors (Lipinski definition) is 1. The van der Waals surface area contributed by atoms with E-state index in [1.54, 1.807) is 6.07 Å². The van der Waals surface area contributed by atoms with Crippen molar-refractivity contribution in [3.63, 3.8) is 0 Å². The standard InChI is InChI=1S/C13H8Cl3FO/c14-7-4-5-9(15)8(6-7)13(18)12-10(16)2-1-3-11(12)17/h1-6,13,18H. The van der Waals surface area contributed by atoms with E-state index in [4.69, 9.17) is 34.8 Å². The van der Waals surface area contributed by atoms with Gasteiger partial charge in [-0.2, -0.15) is 0 Å². The molecule has 0 saturated carbocycles. The minimum absolute atomic E-state index is 0.0108. The van der Waals surface area contributed by atoms with Crippen LogP contribution in [0, 0.1) is 5.82 Å². The highest BCUT2D eigenvalue weighted by molar-refractivity contribution is 6.34. The molecule has 1 unspecified atom stereocenters. The van der Waals surface area contributed by atoms with Crippen LogP contribution < -0.4 is 0 Å². The van der Waals surface area contributed by atoms with Gasteiger partial charge in [0.2, 0.25) is 0 Å². The van der Waals surface area contributed by atoms with Crippen molar-refractivity contribution in [2.24, 2.45) is 0 Å². The lowest BCUT2D eigenvalue weighted by Gasteiger charge is -2.15. The van der Waals surface area contributed by atoms with E-state index in [9.17, 15) is 9.50 Å². The van der Waals surface area contributed by atoms with Crippen LogP contribution in [0.1, 0.15) is 17.2 Å². The van der Waals surface area contributed by atoms with Crippen LogP contribution in [0.5, 0.6) is 0 Å². The largest absolute Gasteiger partial charge is 0.383 e. The minimum Gasteiger partial charge on any atom is -0.383 e. The monoisotopic (exact) mass is 304 g/mol. The molecule has 2 rings (SSSR count). The van der Waals surface area contributed by atoms with Crippen molar-refractivity contribution in [3.8, 4) is 0 Å². The van der Waals surface area contributed by atoms with E-state index < -0.39 is 11.9 Å². The number of rotatable bonds is 2. The second kappa shape index (κ2) is 5.45. The lowest BCUT2D eigenvalue weighted by molar-refractivity contribution is 0.215. The van der Waals surface area contributed by atoms with Gasteiger partial charge in [-0.05, 0) is 30.3 Å². The lowest BCUT2D eigenvalue weighted by Crippen LogP contribution is -2.04. The molecule has 0 aromatic heterocycles. The third-order valence-electron chi connectivity index (χ3n) is 2.53. The normalized spacial score (nSPS) is 12.5. The van der Waals surface area contributed by atoms with Crippen LogP contribution in [0.25, 0.3) is 0 Å². The van der Waals surface area contributed by atoms with Gasteiger partial charge in [-0.1, -0.05) is 40.9 Å². The fourth-order valence-corrected chi connectivity index (χ4v) is 2.32. The van der Waals surface area contributed by atoms with E-state index in [0.717, 1.165) is 0 Å². The van der Waals surface area contributed by atoms with Gasteiger partial charge in [-0.3, -0.25) is 0 Å². The Kier molecular flexibility index (Phi) is 4.13. The number of aliphatic hydroxyl groups excluding tert-OH is 1. The van der Waals surface area contributed by atoms with Crippen LogP contribution >= 0.6 is 34.8 Å². The van der Waals surface area contributed by atoms with Gasteiger partial charge in [-0.15, -0.1) is 0 Å². The fourth-order valence-electron chi connectivity index (χ4n) is 1.65. The summed E-state index contributed by atoms with van der Waals surface area (Å²) in [5.74, 6) is -0.592. The highest BCUT2D eigenvalue weighted by Gasteiger charge is 2.20. The summed E-state index contributed by atoms with van der Waals surface area (Å²) in [6, 6.07) is 8.80. The molecule has 0 saturated heterocycles. The van der Waals surface area contributed by atoms with Gasteiger partial charge >= 0.3 is 0 Å². The molecule has 2 aromatic carbocycles. The minimum atomic E-state index is -1.26. The Labute approximate surface area is 119 Å². The number of halogens is 4. The summed E-state index contributed by atoms with van der Waals surface area (Å²) in [5, 5.41) is 11.0. The quantitative estimate of drug-likeness (QED) is 0.839. The van der Waals surface area contributed by atoms with Crippen LogP contribution in [0.3, 0.4) is 0 Å². The van der Waals surface area contributed by atoms with Crippen LogP contribution in [0.15, 0.2) is 36.4 Å². The summed E-state index contributed by atoms with van der Waals surface area (Å²) >= 11 is 17.7. The van der Waals surface area contributed by atoms with Gasteiger partial charge in [0.15, 0.2) is 0 Å². The van der Waals surface area contributed by atoms with Gasteiger partial charge < -0.3 is 5.11 Å². The van der Waals surface area contributed by atoms with Crippen molar-refractivity contribution < 1.29 is 9.50 Å². The van der Waals surface area contributed by atoms with Gasteiger partial charge in [-0.25, -0.2) is 4.39 Å². The van der Waals surface area contributed by atoms with E-state index in [2.05, 4.69) is 0 Å². The number of hydrogen-bond acceptors (Lipinski definition) is 1. The first-order valence-electron chi connectivity index (χ1n) is 5.07. The van der Waals surface area contributed by atoms with Gasteiger partial charge in [0, 0.05) is 26.2 Å². The molecule has 1 nitrogen and oxygen atoms in total. The summed E-state index contributed by atoms with van der Waals surface area (Å²) in [4.78, 5) is 0. The lowest BCUT2D eigenvalue weighted by atomic mass is 10.0. The van der Waals surface area contributed by atoms with E-state index in [1.807, 2.05) is 0 Å². The van der Waals surface area contributed by atoms with Crippen molar-refractivity contribution >= 4 is 34.8 Å². The first kappa shape index (κ1) is 13.6. The molecular weight excluding hydrogens is 297 g/mol. The number of aliphatic hydroxyl groups is 1. The third kappa shape index (κ3) is 2.62. The third-order valence-corrected chi connectivity index (χ3v) is 3.43. The SMILES string of the molecule is OC(c1cc(Cl)ccc1Cl)c1c(F)cccc1Cl. The highest BCUT2D eigenvalue weighted by atomic mass is 35.5. The van der Waals surface area contributed by atoms with Gasteiger partial charge in [0.1, 0.15) is 11.9 Å². The average Bonchev–Trinajstić information content (AvgIpc) is 2.32. The van der Waals surface area contributed by atoms with Crippen LogP contribution in [-0.2, 0) is 0 Å². The zero-order valence-corrected chi connectivity index (χ0v) is 11.3. The molecule has 0 bridgehead atoms. The Hall–Kier alpha value is -0.800. The summed E-state index contributed by atoms with van der Waals surface area (Å²) in [5.41, 5.74) is 0.305. The molecule has 1 atom stereocenters. The van der Waals surface area contributed by atoms with E-state index in [1.165, 1.54) is 30.3 Å². The zero-order valence-electron chi connectivity index (χ0n) is 9.00. The highest BCUT2D eigenvalue weighted by Crippen LogP contribution is 2.35. The van der Waals surface area contributed by atoms with Gasteiger partial charge in [0.05, 0.1) is 0 Å². The topological polar surface area (TPSA) is 20.2 Å². The molecule has 0 aliphatic heterocycles. The Morgan fingerprint density at radius 2 is 1.72 bits per heavy atom. The summed E-state index contributed by atoms with van der Waals surface area (Å²) in [7, 11) is 0. The zero-order chi connectivity index (χ0) is 13.3. The molecule has 0 fully saturated rings. The van der Waals surface area contributed by atoms with E-state index in [-0.39, 0.29) is 10.6 Å². The molecule has 0 heterocycles. The average molecular weight is 306 g/mol. The first-order chi connectivity index (χ1) is 8.50. The molecule has 0 aliphatic rings. The molecule has 5 heteroatoms. The molecule has 2 aromatic rings. The van der Waals surface area contributed by atoms with Gasteiger partial charge in [0.25, 0.3) is 0 Å². The van der Waals surface area contributed by atoms with Crippen LogP contribution in [0.2, 0.25) is 15.1 Å². The van der Waals surface area contributed by atoms with Crippen LogP contribution in [0.4, 0.5) is 4.39 Å². The second-order valence-corrected chi connectivity index (χ2v) is 4.95. The van der Waals surface area contributed by atoms with Crippen molar-refractivity contribution in [3.05, 3.63) is 68.4 Å². The Bertz CT molecular complexity index is 566. The molecule has 0 aliphatic carbocycles. The Morgan fingerprint density at radius 3 is 2.39 bits per heavy atom. The molecule has 0 amide bonds. The molecule has 94 valence electrons.